The Morgan fingerprint density at radius 3 is 2.70 bits per heavy atom. The topological polar surface area (TPSA) is 79.3 Å². The molecule has 2 N–H and O–H groups in total. The predicted octanol–water partition coefficient (Wildman–Crippen LogP) is 2.42. The Hall–Kier alpha value is -1.62. The second kappa shape index (κ2) is 5.79. The molecule has 1 aromatic rings. The van der Waals surface area contributed by atoms with Crippen LogP contribution in [0.4, 0.5) is 0 Å². The third-order valence-corrected chi connectivity index (χ3v) is 4.11. The second-order valence-electron chi connectivity index (χ2n) is 5.41. The molecule has 0 bridgehead atoms. The lowest BCUT2D eigenvalue weighted by Gasteiger charge is -2.40. The summed E-state index contributed by atoms with van der Waals surface area (Å²) in [6.45, 7) is 2.16. The van der Waals surface area contributed by atoms with Gasteiger partial charge in [0.15, 0.2) is 0 Å². The van der Waals surface area contributed by atoms with Gasteiger partial charge in [-0.1, -0.05) is 18.0 Å². The molecule has 0 radical (unpaired) electrons. The van der Waals surface area contributed by atoms with E-state index in [1.54, 1.807) is 13.0 Å². The minimum atomic E-state index is -0.825. The highest BCUT2D eigenvalue weighted by molar-refractivity contribution is 6.33. The Labute approximate surface area is 122 Å². The van der Waals surface area contributed by atoms with Crippen molar-refractivity contribution in [3.63, 3.8) is 0 Å². The number of nitrogens with one attached hydrogen (secondary N) is 1. The number of carboxylic acid groups (broad SMARTS) is 1. The van der Waals surface area contributed by atoms with Crippen molar-refractivity contribution in [3.8, 4) is 0 Å². The molecule has 1 aromatic heterocycles. The Morgan fingerprint density at radius 1 is 1.50 bits per heavy atom. The molecule has 0 spiro atoms. The summed E-state index contributed by atoms with van der Waals surface area (Å²) in [5.41, 5.74) is 0.765. The van der Waals surface area contributed by atoms with Gasteiger partial charge >= 0.3 is 5.97 Å². The fraction of sp³-hybridized carbons (Fsp3) is 0.500. The summed E-state index contributed by atoms with van der Waals surface area (Å²) in [7, 11) is 0. The highest BCUT2D eigenvalue weighted by Crippen LogP contribution is 2.43. The zero-order valence-electron chi connectivity index (χ0n) is 11.3. The molecule has 1 heterocycles. The van der Waals surface area contributed by atoms with E-state index in [-0.39, 0.29) is 17.7 Å². The third-order valence-electron chi connectivity index (χ3n) is 3.80. The van der Waals surface area contributed by atoms with Crippen LogP contribution in [0.25, 0.3) is 0 Å². The number of aryl methyl sites for hydroxylation is 1. The lowest BCUT2D eigenvalue weighted by atomic mass is 9.66. The maximum Gasteiger partial charge on any atom is 0.303 e. The van der Waals surface area contributed by atoms with Gasteiger partial charge in [-0.15, -0.1) is 0 Å². The first-order valence-corrected chi connectivity index (χ1v) is 6.92. The standard InChI is InChI=1S/C14H17ClN2O3/c1-9-5-11(15)10(7-16-9)13(20)17-8-14(3-2-4-14)6-12(18)19/h5,7H,2-4,6,8H2,1H3,(H,17,20)(H,18,19). The fourth-order valence-corrected chi connectivity index (χ4v) is 2.76. The molecule has 108 valence electrons. The van der Waals surface area contributed by atoms with Crippen LogP contribution in [-0.2, 0) is 4.79 Å². The Balaban J connectivity index is 1.99. The van der Waals surface area contributed by atoms with Gasteiger partial charge in [-0.2, -0.15) is 0 Å². The second-order valence-corrected chi connectivity index (χ2v) is 5.82. The number of nitrogens with zero attached hydrogens (tertiary/aromatic N) is 1. The highest BCUT2D eigenvalue weighted by atomic mass is 35.5. The van der Waals surface area contributed by atoms with Gasteiger partial charge in [0.05, 0.1) is 17.0 Å². The van der Waals surface area contributed by atoms with E-state index in [1.807, 2.05) is 0 Å². The molecule has 0 aliphatic heterocycles. The number of carboxylic acids is 1. The van der Waals surface area contributed by atoms with Gasteiger partial charge in [0.25, 0.3) is 5.91 Å². The van der Waals surface area contributed by atoms with Crippen LogP contribution in [0.3, 0.4) is 0 Å². The molecule has 1 amide bonds. The van der Waals surface area contributed by atoms with E-state index in [2.05, 4.69) is 10.3 Å². The van der Waals surface area contributed by atoms with Crippen LogP contribution < -0.4 is 5.32 Å². The monoisotopic (exact) mass is 296 g/mol. The number of carbonyl (C=O) groups is 2. The van der Waals surface area contributed by atoms with E-state index in [1.165, 1.54) is 6.20 Å². The zero-order chi connectivity index (χ0) is 14.8. The van der Waals surface area contributed by atoms with E-state index < -0.39 is 5.97 Å². The van der Waals surface area contributed by atoms with Crippen molar-refractivity contribution in [1.29, 1.82) is 0 Å². The number of aliphatic carboxylic acids is 1. The maximum absolute atomic E-state index is 12.1. The number of halogens is 1. The van der Waals surface area contributed by atoms with Crippen LogP contribution in [0.1, 0.15) is 41.7 Å². The minimum absolute atomic E-state index is 0.0904. The summed E-state index contributed by atoms with van der Waals surface area (Å²) in [5, 5.41) is 12.1. The summed E-state index contributed by atoms with van der Waals surface area (Å²) in [6, 6.07) is 1.63. The molecular weight excluding hydrogens is 280 g/mol. The first kappa shape index (κ1) is 14.8. The van der Waals surface area contributed by atoms with Gasteiger partial charge in [-0.3, -0.25) is 14.6 Å². The van der Waals surface area contributed by atoms with Crippen LogP contribution in [0.15, 0.2) is 12.3 Å². The van der Waals surface area contributed by atoms with E-state index in [0.717, 1.165) is 25.0 Å². The first-order chi connectivity index (χ1) is 9.42. The van der Waals surface area contributed by atoms with Crippen LogP contribution in [0.2, 0.25) is 5.02 Å². The smallest absolute Gasteiger partial charge is 0.303 e. The van der Waals surface area contributed by atoms with E-state index in [9.17, 15) is 9.59 Å². The molecule has 0 aromatic carbocycles. The molecule has 1 aliphatic carbocycles. The molecule has 0 unspecified atom stereocenters. The van der Waals surface area contributed by atoms with Crippen molar-refractivity contribution in [3.05, 3.63) is 28.5 Å². The van der Waals surface area contributed by atoms with Crippen LogP contribution >= 0.6 is 11.6 Å². The van der Waals surface area contributed by atoms with Crippen LogP contribution in [0, 0.1) is 12.3 Å². The number of hydrogen-bond acceptors (Lipinski definition) is 3. The summed E-state index contributed by atoms with van der Waals surface area (Å²) >= 11 is 6.01. The molecule has 1 aliphatic rings. The van der Waals surface area contributed by atoms with Crippen molar-refractivity contribution >= 4 is 23.5 Å². The van der Waals surface area contributed by atoms with Crippen molar-refractivity contribution in [1.82, 2.24) is 10.3 Å². The third kappa shape index (κ3) is 3.28. The summed E-state index contributed by atoms with van der Waals surface area (Å²) in [6.07, 6.45) is 4.21. The predicted molar refractivity (Wildman–Crippen MR) is 74.9 cm³/mol. The SMILES string of the molecule is Cc1cc(Cl)c(C(=O)NCC2(CC(=O)O)CCC2)cn1. The molecule has 1 fully saturated rings. The van der Waals surface area contributed by atoms with E-state index in [4.69, 9.17) is 16.7 Å². The van der Waals surface area contributed by atoms with Gasteiger partial charge in [0, 0.05) is 18.4 Å². The molecule has 2 rings (SSSR count). The number of carbonyl (C=O) groups excluding carboxylic acids is 1. The molecule has 0 saturated heterocycles. The van der Waals surface area contributed by atoms with Gasteiger partial charge in [-0.25, -0.2) is 0 Å². The fourth-order valence-electron chi connectivity index (χ4n) is 2.47. The largest absolute Gasteiger partial charge is 0.481 e. The summed E-state index contributed by atoms with van der Waals surface area (Å²) in [4.78, 5) is 27.0. The van der Waals surface area contributed by atoms with Crippen LogP contribution in [-0.4, -0.2) is 28.5 Å². The average Bonchev–Trinajstić information content (AvgIpc) is 2.31. The Morgan fingerprint density at radius 2 is 2.20 bits per heavy atom. The summed E-state index contributed by atoms with van der Waals surface area (Å²) in [5.74, 6) is -1.13. The maximum atomic E-state index is 12.1. The molecule has 0 atom stereocenters. The Bertz CT molecular complexity index is 541. The lowest BCUT2D eigenvalue weighted by Crippen LogP contribution is -2.43. The van der Waals surface area contributed by atoms with Gasteiger partial charge in [0.2, 0.25) is 0 Å². The lowest BCUT2D eigenvalue weighted by molar-refractivity contribution is -0.141. The van der Waals surface area contributed by atoms with Gasteiger partial charge in [0.1, 0.15) is 0 Å². The van der Waals surface area contributed by atoms with Crippen molar-refractivity contribution < 1.29 is 14.7 Å². The number of hydrogen-bond donors (Lipinski definition) is 2. The number of rotatable bonds is 5. The molecule has 1 saturated carbocycles. The normalized spacial score (nSPS) is 16.3. The average molecular weight is 297 g/mol. The first-order valence-electron chi connectivity index (χ1n) is 6.54. The number of pyridine rings is 1. The summed E-state index contributed by atoms with van der Waals surface area (Å²) < 4.78 is 0. The van der Waals surface area contributed by atoms with Gasteiger partial charge < -0.3 is 10.4 Å². The van der Waals surface area contributed by atoms with Gasteiger partial charge in [-0.05, 0) is 31.2 Å². The zero-order valence-corrected chi connectivity index (χ0v) is 12.0. The highest BCUT2D eigenvalue weighted by Gasteiger charge is 2.39. The molecular formula is C14H17ClN2O3. The molecule has 6 heteroatoms. The van der Waals surface area contributed by atoms with Crippen LogP contribution in [0.5, 0.6) is 0 Å². The number of amides is 1. The molecule has 5 nitrogen and oxygen atoms in total. The van der Waals surface area contributed by atoms with E-state index >= 15 is 0 Å². The minimum Gasteiger partial charge on any atom is -0.481 e. The van der Waals surface area contributed by atoms with Crippen molar-refractivity contribution in [2.45, 2.75) is 32.6 Å². The Kier molecular flexibility index (Phi) is 4.28. The van der Waals surface area contributed by atoms with Crippen molar-refractivity contribution in [2.24, 2.45) is 5.41 Å². The quantitative estimate of drug-likeness (QED) is 0.874. The molecule has 20 heavy (non-hydrogen) atoms. The van der Waals surface area contributed by atoms with E-state index in [0.29, 0.717) is 17.1 Å². The number of aromatic nitrogens is 1. The van der Waals surface area contributed by atoms with Crippen molar-refractivity contribution in [2.75, 3.05) is 6.54 Å².